The number of hydrogen-bond acceptors (Lipinski definition) is 4. The molecular weight excluding hydrogens is 314 g/mol. The van der Waals surface area contributed by atoms with Crippen molar-refractivity contribution in [2.24, 2.45) is 0 Å². The van der Waals surface area contributed by atoms with E-state index in [1.807, 2.05) is 0 Å². The van der Waals surface area contributed by atoms with Gasteiger partial charge in [0.15, 0.2) is 16.2 Å². The van der Waals surface area contributed by atoms with E-state index in [1.54, 1.807) is 18.2 Å². The first kappa shape index (κ1) is 9.67. The normalized spacial score (nSPS) is 10.4. The van der Waals surface area contributed by atoms with Crippen molar-refractivity contribution in [3.8, 4) is 11.5 Å². The van der Waals surface area contributed by atoms with E-state index in [4.69, 9.17) is 10.2 Å². The van der Waals surface area contributed by atoms with Crippen LogP contribution < -0.4 is 5.73 Å². The van der Waals surface area contributed by atoms with Crippen LogP contribution in [0.4, 0.5) is 5.82 Å². The molecule has 0 unspecified atom stereocenters. The highest BCUT2D eigenvalue weighted by Crippen LogP contribution is 2.26. The van der Waals surface area contributed by atoms with Crippen LogP contribution in [-0.2, 0) is 0 Å². The van der Waals surface area contributed by atoms with Gasteiger partial charge in [-0.2, -0.15) is 0 Å². The van der Waals surface area contributed by atoms with Crippen LogP contribution in [0.2, 0.25) is 0 Å². The Balaban J connectivity index is 2.47. The summed E-state index contributed by atoms with van der Waals surface area (Å²) in [6, 6.07) is 5.35. The van der Waals surface area contributed by atoms with Gasteiger partial charge in [-0.3, -0.25) is 0 Å². The number of furan rings is 1. The smallest absolute Gasteiger partial charge is 0.169 e. The van der Waals surface area contributed by atoms with Gasteiger partial charge in [0.1, 0.15) is 5.69 Å². The van der Waals surface area contributed by atoms with Crippen LogP contribution in [0.5, 0.6) is 0 Å². The van der Waals surface area contributed by atoms with Gasteiger partial charge in [0.2, 0.25) is 0 Å². The summed E-state index contributed by atoms with van der Waals surface area (Å²) in [6.45, 7) is 0. The Kier molecular flexibility index (Phi) is 2.56. The van der Waals surface area contributed by atoms with E-state index in [9.17, 15) is 0 Å². The van der Waals surface area contributed by atoms with Crippen molar-refractivity contribution in [3.05, 3.63) is 27.3 Å². The fourth-order valence-corrected chi connectivity index (χ4v) is 1.55. The number of aromatic nitrogens is 2. The third-order valence-corrected chi connectivity index (χ3v) is 2.66. The van der Waals surface area contributed by atoms with E-state index >= 15 is 0 Å². The average molecular weight is 319 g/mol. The van der Waals surface area contributed by atoms with Crippen molar-refractivity contribution in [2.75, 3.05) is 5.73 Å². The van der Waals surface area contributed by atoms with E-state index < -0.39 is 0 Å². The molecule has 2 aromatic rings. The lowest BCUT2D eigenvalue weighted by molar-refractivity contribution is 0.552. The van der Waals surface area contributed by atoms with Gasteiger partial charge in [0.25, 0.3) is 0 Å². The molecule has 0 saturated carbocycles. The van der Waals surface area contributed by atoms with Gasteiger partial charge in [-0.05, 0) is 50.1 Å². The van der Waals surface area contributed by atoms with Gasteiger partial charge in [0, 0.05) is 0 Å². The molecule has 0 amide bonds. The molecule has 0 aliphatic heterocycles. The highest BCUT2D eigenvalue weighted by Gasteiger charge is 2.07. The molecule has 0 aliphatic carbocycles. The summed E-state index contributed by atoms with van der Waals surface area (Å²) in [4.78, 5) is 0. The summed E-state index contributed by atoms with van der Waals surface area (Å²) >= 11 is 6.48. The number of rotatable bonds is 1. The Morgan fingerprint density at radius 2 is 2.00 bits per heavy atom. The number of hydrogen-bond donors (Lipinski definition) is 1. The van der Waals surface area contributed by atoms with Crippen molar-refractivity contribution in [3.63, 3.8) is 0 Å². The van der Waals surface area contributed by atoms with Crippen LogP contribution in [0.1, 0.15) is 0 Å². The molecule has 0 aliphatic rings. The van der Waals surface area contributed by atoms with Gasteiger partial charge < -0.3 is 10.2 Å². The van der Waals surface area contributed by atoms with Gasteiger partial charge in [0.05, 0.1) is 4.47 Å². The highest BCUT2D eigenvalue weighted by molar-refractivity contribution is 9.10. The van der Waals surface area contributed by atoms with E-state index in [0.717, 1.165) is 0 Å². The number of nitrogens with zero attached hydrogens (tertiary/aromatic N) is 2. The molecule has 2 N–H and O–H groups in total. The van der Waals surface area contributed by atoms with Crippen molar-refractivity contribution < 1.29 is 4.42 Å². The van der Waals surface area contributed by atoms with Gasteiger partial charge in [-0.15, -0.1) is 10.2 Å². The minimum Gasteiger partial charge on any atom is -0.448 e. The molecule has 0 aromatic carbocycles. The Morgan fingerprint density at radius 1 is 1.21 bits per heavy atom. The molecule has 6 heteroatoms. The second-order valence-electron chi connectivity index (χ2n) is 2.57. The highest BCUT2D eigenvalue weighted by atomic mass is 79.9. The van der Waals surface area contributed by atoms with Crippen molar-refractivity contribution in [1.82, 2.24) is 10.2 Å². The number of nitrogens with two attached hydrogens (primary N) is 1. The maximum absolute atomic E-state index is 5.51. The summed E-state index contributed by atoms with van der Waals surface area (Å²) in [5.41, 5.74) is 6.15. The maximum atomic E-state index is 5.51. The third kappa shape index (κ3) is 1.80. The molecule has 0 bridgehead atoms. The average Bonchev–Trinajstić information content (AvgIpc) is 2.57. The standard InChI is InChI=1S/C8H5Br2N3O/c9-4-3-5(12-13-8(4)11)6-1-2-7(10)14-6/h1-3H,(H2,11,13). The lowest BCUT2D eigenvalue weighted by atomic mass is 10.3. The number of anilines is 1. The summed E-state index contributed by atoms with van der Waals surface area (Å²) in [6.07, 6.45) is 0. The van der Waals surface area contributed by atoms with E-state index in [-0.39, 0.29) is 0 Å². The molecule has 0 radical (unpaired) electrons. The van der Waals surface area contributed by atoms with Crippen molar-refractivity contribution >= 4 is 37.7 Å². The minimum atomic E-state index is 0.361. The molecule has 0 atom stereocenters. The van der Waals surface area contributed by atoms with Crippen LogP contribution in [-0.4, -0.2) is 10.2 Å². The molecule has 72 valence electrons. The summed E-state index contributed by atoms with van der Waals surface area (Å²) in [5.74, 6) is 1.00. The predicted octanol–water partition coefficient (Wildman–Crippen LogP) is 2.84. The molecule has 0 saturated heterocycles. The Morgan fingerprint density at radius 3 is 2.57 bits per heavy atom. The van der Waals surface area contributed by atoms with Gasteiger partial charge in [-0.1, -0.05) is 0 Å². The second-order valence-corrected chi connectivity index (χ2v) is 4.20. The molecule has 2 heterocycles. The molecule has 14 heavy (non-hydrogen) atoms. The third-order valence-electron chi connectivity index (χ3n) is 1.60. The van der Waals surface area contributed by atoms with E-state index in [0.29, 0.717) is 26.4 Å². The zero-order valence-electron chi connectivity index (χ0n) is 6.87. The minimum absolute atomic E-state index is 0.361. The summed E-state index contributed by atoms with van der Waals surface area (Å²) < 4.78 is 6.68. The fraction of sp³-hybridized carbons (Fsp3) is 0. The fourth-order valence-electron chi connectivity index (χ4n) is 0.951. The van der Waals surface area contributed by atoms with Gasteiger partial charge >= 0.3 is 0 Å². The topological polar surface area (TPSA) is 64.9 Å². The van der Waals surface area contributed by atoms with Crippen LogP contribution in [0, 0.1) is 0 Å². The first-order chi connectivity index (χ1) is 6.66. The van der Waals surface area contributed by atoms with Crippen LogP contribution >= 0.6 is 31.9 Å². The first-order valence-corrected chi connectivity index (χ1v) is 5.30. The van der Waals surface area contributed by atoms with E-state index in [1.165, 1.54) is 0 Å². The predicted molar refractivity (Wildman–Crippen MR) is 59.5 cm³/mol. The molecule has 2 rings (SSSR count). The largest absolute Gasteiger partial charge is 0.448 e. The Labute approximate surface area is 96.8 Å². The molecule has 0 fully saturated rings. The molecular formula is C8H5Br2N3O. The van der Waals surface area contributed by atoms with Crippen LogP contribution in [0.3, 0.4) is 0 Å². The van der Waals surface area contributed by atoms with Crippen LogP contribution in [0.25, 0.3) is 11.5 Å². The first-order valence-electron chi connectivity index (χ1n) is 3.71. The molecule has 0 spiro atoms. The summed E-state index contributed by atoms with van der Waals surface area (Å²) in [5, 5.41) is 7.67. The SMILES string of the molecule is Nc1nnc(-c2ccc(Br)o2)cc1Br. The number of halogens is 2. The number of nitrogen functional groups attached to an aromatic ring is 1. The lowest BCUT2D eigenvalue weighted by Crippen LogP contribution is -1.95. The van der Waals surface area contributed by atoms with Gasteiger partial charge in [-0.25, -0.2) is 0 Å². The quantitative estimate of drug-likeness (QED) is 0.878. The van der Waals surface area contributed by atoms with Crippen molar-refractivity contribution in [1.29, 1.82) is 0 Å². The zero-order chi connectivity index (χ0) is 10.1. The lowest BCUT2D eigenvalue weighted by Gasteiger charge is -1.98. The Hall–Kier alpha value is -0.880. The molecule has 2 aromatic heterocycles. The van der Waals surface area contributed by atoms with E-state index in [2.05, 4.69) is 42.1 Å². The maximum Gasteiger partial charge on any atom is 0.169 e. The Bertz CT molecular complexity index is 469. The molecule has 4 nitrogen and oxygen atoms in total. The van der Waals surface area contributed by atoms with Crippen molar-refractivity contribution in [2.45, 2.75) is 0 Å². The monoisotopic (exact) mass is 317 g/mol. The van der Waals surface area contributed by atoms with Crippen LogP contribution in [0.15, 0.2) is 31.8 Å². The zero-order valence-corrected chi connectivity index (χ0v) is 10.0. The second kappa shape index (κ2) is 3.70. The summed E-state index contributed by atoms with van der Waals surface area (Å²) in [7, 11) is 0.